The van der Waals surface area contributed by atoms with Gasteiger partial charge in [-0.15, -0.1) is 0 Å². The first kappa shape index (κ1) is 19.2. The minimum atomic E-state index is -4.36. The molecule has 140 valence electrons. The van der Waals surface area contributed by atoms with Crippen LogP contribution in [0.4, 0.5) is 24.7 Å². The Hall–Kier alpha value is -2.61. The van der Waals surface area contributed by atoms with Crippen LogP contribution in [0.5, 0.6) is 5.75 Å². The van der Waals surface area contributed by atoms with Gasteiger partial charge in [-0.25, -0.2) is 9.97 Å². The molecule has 27 heavy (non-hydrogen) atoms. The number of hydrogen-bond acceptors (Lipinski definition) is 4. The molecule has 2 aromatic carbocycles. The number of halogens is 4. The summed E-state index contributed by atoms with van der Waals surface area (Å²) in [5, 5.41) is 2.99. The standard InChI is InChI=1S/C19H15BrF3N3O/c1-2-27-17-8-5-13(20)9-15(17)16-10-18(25-11-24-16)26-14-6-3-12(4-7-14)19(21,22)23/h3-11H,2H2,1H3,(H,24,25,26). The number of ether oxygens (including phenoxy) is 1. The Kier molecular flexibility index (Phi) is 5.65. The fraction of sp³-hybridized carbons (Fsp3) is 0.158. The number of nitrogens with zero attached hydrogens (tertiary/aromatic N) is 2. The molecule has 0 saturated heterocycles. The lowest BCUT2D eigenvalue weighted by molar-refractivity contribution is -0.137. The van der Waals surface area contributed by atoms with E-state index in [0.29, 0.717) is 29.6 Å². The van der Waals surface area contributed by atoms with E-state index >= 15 is 0 Å². The Bertz CT molecular complexity index is 930. The van der Waals surface area contributed by atoms with Crippen LogP contribution in [-0.4, -0.2) is 16.6 Å². The zero-order valence-corrected chi connectivity index (χ0v) is 15.8. The van der Waals surface area contributed by atoms with Crippen molar-refractivity contribution in [1.29, 1.82) is 0 Å². The first-order valence-electron chi connectivity index (χ1n) is 8.06. The van der Waals surface area contributed by atoms with Gasteiger partial charge >= 0.3 is 6.18 Å². The van der Waals surface area contributed by atoms with Gasteiger partial charge in [0.05, 0.1) is 17.9 Å². The Morgan fingerprint density at radius 1 is 1.04 bits per heavy atom. The fourth-order valence-corrected chi connectivity index (χ4v) is 2.81. The second kappa shape index (κ2) is 7.96. The summed E-state index contributed by atoms with van der Waals surface area (Å²) in [5.74, 6) is 1.14. The van der Waals surface area contributed by atoms with Crippen molar-refractivity contribution in [3.8, 4) is 17.0 Å². The average Bonchev–Trinajstić information content (AvgIpc) is 2.63. The normalized spacial score (nSPS) is 11.3. The van der Waals surface area contributed by atoms with Gasteiger partial charge in [0.2, 0.25) is 0 Å². The van der Waals surface area contributed by atoms with Crippen molar-refractivity contribution >= 4 is 27.4 Å². The van der Waals surface area contributed by atoms with E-state index in [9.17, 15) is 13.2 Å². The van der Waals surface area contributed by atoms with E-state index in [2.05, 4.69) is 31.2 Å². The topological polar surface area (TPSA) is 47.0 Å². The molecule has 0 atom stereocenters. The first-order valence-corrected chi connectivity index (χ1v) is 8.85. The molecule has 0 saturated carbocycles. The van der Waals surface area contributed by atoms with Gasteiger partial charge in [0.15, 0.2) is 0 Å². The van der Waals surface area contributed by atoms with E-state index in [1.54, 1.807) is 6.07 Å². The van der Waals surface area contributed by atoms with E-state index in [1.807, 2.05) is 25.1 Å². The van der Waals surface area contributed by atoms with Crippen LogP contribution in [0, 0.1) is 0 Å². The summed E-state index contributed by atoms with van der Waals surface area (Å²) in [6.07, 6.45) is -2.98. The number of aromatic nitrogens is 2. The van der Waals surface area contributed by atoms with Gasteiger partial charge in [-0.05, 0) is 49.4 Å². The van der Waals surface area contributed by atoms with Gasteiger partial charge in [-0.2, -0.15) is 13.2 Å². The molecule has 0 spiro atoms. The maximum atomic E-state index is 12.7. The maximum Gasteiger partial charge on any atom is 0.416 e. The molecular formula is C19H15BrF3N3O. The number of alkyl halides is 3. The molecule has 0 aliphatic rings. The van der Waals surface area contributed by atoms with Crippen LogP contribution in [0.1, 0.15) is 12.5 Å². The highest BCUT2D eigenvalue weighted by Gasteiger charge is 2.29. The Morgan fingerprint density at radius 3 is 2.44 bits per heavy atom. The number of hydrogen-bond donors (Lipinski definition) is 1. The lowest BCUT2D eigenvalue weighted by Gasteiger charge is -2.12. The zero-order chi connectivity index (χ0) is 19.4. The lowest BCUT2D eigenvalue weighted by atomic mass is 10.1. The summed E-state index contributed by atoms with van der Waals surface area (Å²) in [4.78, 5) is 8.41. The van der Waals surface area contributed by atoms with Crippen molar-refractivity contribution in [2.75, 3.05) is 11.9 Å². The predicted molar refractivity (Wildman–Crippen MR) is 101 cm³/mol. The monoisotopic (exact) mass is 437 g/mol. The van der Waals surface area contributed by atoms with Crippen LogP contribution in [0.2, 0.25) is 0 Å². The quantitative estimate of drug-likeness (QED) is 0.526. The predicted octanol–water partition coefficient (Wildman–Crippen LogP) is 6.07. The van der Waals surface area contributed by atoms with Crippen LogP contribution < -0.4 is 10.1 Å². The van der Waals surface area contributed by atoms with Crippen molar-refractivity contribution in [1.82, 2.24) is 9.97 Å². The van der Waals surface area contributed by atoms with E-state index in [4.69, 9.17) is 4.74 Å². The molecule has 0 aliphatic heterocycles. The van der Waals surface area contributed by atoms with Crippen LogP contribution >= 0.6 is 15.9 Å². The molecule has 0 unspecified atom stereocenters. The van der Waals surface area contributed by atoms with Crippen molar-refractivity contribution in [3.05, 3.63) is 64.9 Å². The Balaban J connectivity index is 1.87. The maximum absolute atomic E-state index is 12.7. The second-order valence-electron chi connectivity index (χ2n) is 5.56. The number of rotatable bonds is 5. The van der Waals surface area contributed by atoms with Gasteiger partial charge in [-0.3, -0.25) is 0 Å². The SMILES string of the molecule is CCOc1ccc(Br)cc1-c1cc(Nc2ccc(C(F)(F)F)cc2)ncn1. The summed E-state index contributed by atoms with van der Waals surface area (Å²) < 4.78 is 44.5. The molecule has 3 aromatic rings. The number of nitrogens with one attached hydrogen (secondary N) is 1. The fourth-order valence-electron chi connectivity index (χ4n) is 2.45. The molecular weight excluding hydrogens is 423 g/mol. The molecule has 0 aliphatic carbocycles. The Morgan fingerprint density at radius 2 is 1.78 bits per heavy atom. The second-order valence-corrected chi connectivity index (χ2v) is 6.48. The average molecular weight is 438 g/mol. The summed E-state index contributed by atoms with van der Waals surface area (Å²) in [5.41, 5.74) is 1.20. The third-order valence-corrected chi connectivity index (χ3v) is 4.16. The first-order chi connectivity index (χ1) is 12.9. The Labute approximate surface area is 162 Å². The van der Waals surface area contributed by atoms with Crippen LogP contribution in [0.25, 0.3) is 11.3 Å². The highest BCUT2D eigenvalue weighted by atomic mass is 79.9. The van der Waals surface area contributed by atoms with Gasteiger partial charge < -0.3 is 10.1 Å². The van der Waals surface area contributed by atoms with E-state index in [1.165, 1.54) is 18.5 Å². The van der Waals surface area contributed by atoms with Crippen molar-refractivity contribution in [2.45, 2.75) is 13.1 Å². The molecule has 1 aromatic heterocycles. The minimum absolute atomic E-state index is 0.460. The van der Waals surface area contributed by atoms with Crippen molar-refractivity contribution in [2.24, 2.45) is 0 Å². The molecule has 4 nitrogen and oxygen atoms in total. The van der Waals surface area contributed by atoms with Crippen LogP contribution in [0.3, 0.4) is 0 Å². The van der Waals surface area contributed by atoms with Gasteiger partial charge in [0.25, 0.3) is 0 Å². The van der Waals surface area contributed by atoms with E-state index in [-0.39, 0.29) is 0 Å². The third-order valence-electron chi connectivity index (χ3n) is 3.67. The molecule has 8 heteroatoms. The van der Waals surface area contributed by atoms with Gasteiger partial charge in [0.1, 0.15) is 17.9 Å². The summed E-state index contributed by atoms with van der Waals surface area (Å²) in [6, 6.07) is 12.1. The highest BCUT2D eigenvalue weighted by Crippen LogP contribution is 2.33. The molecule has 1 heterocycles. The largest absolute Gasteiger partial charge is 0.493 e. The number of anilines is 2. The van der Waals surface area contributed by atoms with Crippen molar-refractivity contribution in [3.63, 3.8) is 0 Å². The highest BCUT2D eigenvalue weighted by molar-refractivity contribution is 9.10. The summed E-state index contributed by atoms with van der Waals surface area (Å²) >= 11 is 3.43. The molecule has 1 N–H and O–H groups in total. The summed E-state index contributed by atoms with van der Waals surface area (Å²) in [7, 11) is 0. The summed E-state index contributed by atoms with van der Waals surface area (Å²) in [6.45, 7) is 2.40. The van der Waals surface area contributed by atoms with Gasteiger partial charge in [0, 0.05) is 21.8 Å². The number of benzene rings is 2. The smallest absolute Gasteiger partial charge is 0.416 e. The third kappa shape index (κ3) is 4.77. The van der Waals surface area contributed by atoms with Crippen LogP contribution in [0.15, 0.2) is 59.3 Å². The zero-order valence-electron chi connectivity index (χ0n) is 14.2. The van der Waals surface area contributed by atoms with Crippen molar-refractivity contribution < 1.29 is 17.9 Å². The van der Waals surface area contributed by atoms with Gasteiger partial charge in [-0.1, -0.05) is 15.9 Å². The van der Waals surface area contributed by atoms with E-state index < -0.39 is 11.7 Å². The lowest BCUT2D eigenvalue weighted by Crippen LogP contribution is -2.04. The van der Waals surface area contributed by atoms with E-state index in [0.717, 1.165) is 22.2 Å². The van der Waals surface area contributed by atoms with Crippen LogP contribution in [-0.2, 0) is 6.18 Å². The minimum Gasteiger partial charge on any atom is -0.493 e. The molecule has 0 bridgehead atoms. The molecule has 0 amide bonds. The molecule has 0 fully saturated rings. The molecule has 3 rings (SSSR count). The molecule has 0 radical (unpaired) electrons.